The van der Waals surface area contributed by atoms with Crippen molar-refractivity contribution >= 4 is 11.9 Å². The second kappa shape index (κ2) is 4.70. The number of benzene rings is 1. The van der Waals surface area contributed by atoms with Gasteiger partial charge in [0.1, 0.15) is 0 Å². The lowest BCUT2D eigenvalue weighted by Crippen LogP contribution is -2.34. The second-order valence-electron chi connectivity index (χ2n) is 7.52. The van der Waals surface area contributed by atoms with Crippen LogP contribution in [0.2, 0.25) is 0 Å². The van der Waals surface area contributed by atoms with Crippen LogP contribution in [0, 0.1) is 30.1 Å². The number of rotatable bonds is 2. The number of allylic oxidation sites excluding steroid dienone is 2. The number of hydrogen-bond acceptors (Lipinski definition) is 2. The second-order valence-corrected chi connectivity index (χ2v) is 7.52. The maximum atomic E-state index is 12.9. The number of fused-ring (bicyclic) bond motifs is 5. The van der Waals surface area contributed by atoms with Crippen molar-refractivity contribution in [3.8, 4) is 0 Å². The Hall–Kier alpha value is -2.10. The van der Waals surface area contributed by atoms with Crippen molar-refractivity contribution in [2.75, 3.05) is 13.1 Å². The molecule has 3 aliphatic rings. The van der Waals surface area contributed by atoms with Gasteiger partial charge in [0.25, 0.3) is 5.91 Å². The first-order valence-corrected chi connectivity index (χ1v) is 8.21. The van der Waals surface area contributed by atoms with E-state index in [9.17, 15) is 9.59 Å². The standard InChI is InChI=1S/C19H21NO3/c1-11-7-13(18(22)23)4-6-15(11)17(21)20-9-16-12-3-5-14(8-12)19(16,2)10-20/h3-7,12,14,16H,8-10H2,1-2H3,(H,22,23)/t12-,14+,16-,19+/m1/s1. The van der Waals surface area contributed by atoms with Crippen LogP contribution in [0.5, 0.6) is 0 Å². The number of amides is 1. The van der Waals surface area contributed by atoms with E-state index in [2.05, 4.69) is 19.1 Å². The van der Waals surface area contributed by atoms with Gasteiger partial charge in [-0.05, 0) is 60.3 Å². The largest absolute Gasteiger partial charge is 0.478 e. The Morgan fingerprint density at radius 3 is 2.74 bits per heavy atom. The van der Waals surface area contributed by atoms with E-state index in [0.717, 1.165) is 18.7 Å². The fraction of sp³-hybridized carbons (Fsp3) is 0.474. The van der Waals surface area contributed by atoms with Gasteiger partial charge in [-0.3, -0.25) is 4.79 Å². The summed E-state index contributed by atoms with van der Waals surface area (Å²) in [5, 5.41) is 9.06. The first-order chi connectivity index (χ1) is 10.9. The zero-order chi connectivity index (χ0) is 16.4. The molecule has 0 unspecified atom stereocenters. The lowest BCUT2D eigenvalue weighted by molar-refractivity contribution is 0.0694. The molecule has 1 aliphatic heterocycles. The molecule has 4 atom stereocenters. The third-order valence-electron chi connectivity index (χ3n) is 6.27. The summed E-state index contributed by atoms with van der Waals surface area (Å²) in [5.74, 6) is 0.872. The molecule has 2 aliphatic carbocycles. The zero-order valence-electron chi connectivity index (χ0n) is 13.5. The minimum Gasteiger partial charge on any atom is -0.478 e. The molecule has 4 heteroatoms. The summed E-state index contributed by atoms with van der Waals surface area (Å²) in [4.78, 5) is 25.9. The first kappa shape index (κ1) is 14.5. The molecule has 4 rings (SSSR count). The summed E-state index contributed by atoms with van der Waals surface area (Å²) < 4.78 is 0. The van der Waals surface area contributed by atoms with Crippen LogP contribution in [-0.2, 0) is 0 Å². The van der Waals surface area contributed by atoms with Gasteiger partial charge in [0.2, 0.25) is 0 Å². The molecule has 2 bridgehead atoms. The van der Waals surface area contributed by atoms with Crippen molar-refractivity contribution in [3.63, 3.8) is 0 Å². The molecule has 1 aromatic carbocycles. The summed E-state index contributed by atoms with van der Waals surface area (Å²) >= 11 is 0. The average Bonchev–Trinajstić information content (AvgIpc) is 3.16. The Morgan fingerprint density at radius 1 is 1.30 bits per heavy atom. The van der Waals surface area contributed by atoms with Gasteiger partial charge in [0, 0.05) is 18.7 Å². The summed E-state index contributed by atoms with van der Waals surface area (Å²) in [6.45, 7) is 5.76. The van der Waals surface area contributed by atoms with Crippen molar-refractivity contribution in [3.05, 3.63) is 47.0 Å². The van der Waals surface area contributed by atoms with Gasteiger partial charge < -0.3 is 10.0 Å². The third kappa shape index (κ3) is 1.97. The maximum absolute atomic E-state index is 12.9. The molecule has 4 nitrogen and oxygen atoms in total. The Balaban J connectivity index is 1.59. The predicted octanol–water partition coefficient (Wildman–Crippen LogP) is 2.98. The smallest absolute Gasteiger partial charge is 0.335 e. The van der Waals surface area contributed by atoms with E-state index in [4.69, 9.17) is 5.11 Å². The van der Waals surface area contributed by atoms with Crippen molar-refractivity contribution in [1.29, 1.82) is 0 Å². The molecule has 0 radical (unpaired) electrons. The van der Waals surface area contributed by atoms with Crippen LogP contribution in [0.15, 0.2) is 30.4 Å². The molecule has 1 N–H and O–H groups in total. The highest BCUT2D eigenvalue weighted by atomic mass is 16.4. The molecular weight excluding hydrogens is 290 g/mol. The lowest BCUT2D eigenvalue weighted by Gasteiger charge is -2.31. The highest BCUT2D eigenvalue weighted by Gasteiger charge is 2.58. The number of hydrogen-bond donors (Lipinski definition) is 1. The van der Waals surface area contributed by atoms with Gasteiger partial charge in [-0.15, -0.1) is 0 Å². The molecule has 23 heavy (non-hydrogen) atoms. The average molecular weight is 311 g/mol. The van der Waals surface area contributed by atoms with Crippen molar-refractivity contribution < 1.29 is 14.7 Å². The van der Waals surface area contributed by atoms with Crippen molar-refractivity contribution in [2.24, 2.45) is 23.2 Å². The van der Waals surface area contributed by atoms with Crippen LogP contribution < -0.4 is 0 Å². The van der Waals surface area contributed by atoms with Gasteiger partial charge >= 0.3 is 5.97 Å². The Bertz CT molecular complexity index is 738. The maximum Gasteiger partial charge on any atom is 0.335 e. The van der Waals surface area contributed by atoms with Gasteiger partial charge in [-0.2, -0.15) is 0 Å². The Kier molecular flexibility index (Phi) is 2.96. The quantitative estimate of drug-likeness (QED) is 0.854. The van der Waals surface area contributed by atoms with Crippen LogP contribution in [0.3, 0.4) is 0 Å². The lowest BCUT2D eigenvalue weighted by atomic mass is 9.72. The number of carbonyl (C=O) groups is 2. The Labute approximate surface area is 135 Å². The van der Waals surface area contributed by atoms with Gasteiger partial charge in [0.05, 0.1) is 5.56 Å². The van der Waals surface area contributed by atoms with E-state index in [-0.39, 0.29) is 16.9 Å². The van der Waals surface area contributed by atoms with Crippen LogP contribution >= 0.6 is 0 Å². The summed E-state index contributed by atoms with van der Waals surface area (Å²) in [6.07, 6.45) is 5.91. The minimum atomic E-state index is -0.960. The van der Waals surface area contributed by atoms with E-state index < -0.39 is 5.97 Å². The number of carboxylic acid groups (broad SMARTS) is 1. The van der Waals surface area contributed by atoms with Crippen molar-refractivity contribution in [2.45, 2.75) is 20.3 Å². The van der Waals surface area contributed by atoms with Crippen LogP contribution in [0.4, 0.5) is 0 Å². The molecule has 1 aromatic rings. The number of carbonyl (C=O) groups excluding carboxylic acids is 1. The van der Waals surface area contributed by atoms with E-state index >= 15 is 0 Å². The molecule has 0 spiro atoms. The summed E-state index contributed by atoms with van der Waals surface area (Å²) in [5.41, 5.74) is 1.80. The van der Waals surface area contributed by atoms with E-state index in [1.807, 2.05) is 11.8 Å². The number of likely N-dealkylation sites (tertiary alicyclic amines) is 1. The number of aromatic carboxylic acids is 1. The first-order valence-electron chi connectivity index (χ1n) is 8.21. The highest BCUT2D eigenvalue weighted by molar-refractivity contribution is 5.97. The van der Waals surface area contributed by atoms with Gasteiger partial charge in [-0.1, -0.05) is 19.1 Å². The van der Waals surface area contributed by atoms with Crippen LogP contribution in [0.1, 0.15) is 39.6 Å². The molecule has 1 saturated heterocycles. The van der Waals surface area contributed by atoms with Crippen molar-refractivity contribution in [1.82, 2.24) is 4.90 Å². The molecule has 120 valence electrons. The minimum absolute atomic E-state index is 0.0365. The normalized spacial score (nSPS) is 34.0. The zero-order valence-corrected chi connectivity index (χ0v) is 13.5. The molecule has 1 amide bonds. The topological polar surface area (TPSA) is 57.6 Å². The van der Waals surface area contributed by atoms with E-state index in [1.165, 1.54) is 12.5 Å². The Morgan fingerprint density at radius 2 is 2.09 bits per heavy atom. The molecular formula is C19H21NO3. The molecule has 0 aromatic heterocycles. The number of nitrogens with zero attached hydrogens (tertiary/aromatic N) is 1. The monoisotopic (exact) mass is 311 g/mol. The summed E-state index contributed by atoms with van der Waals surface area (Å²) in [7, 11) is 0. The predicted molar refractivity (Wildman–Crippen MR) is 86.4 cm³/mol. The molecule has 1 heterocycles. The summed E-state index contributed by atoms with van der Waals surface area (Å²) in [6, 6.07) is 4.76. The number of carboxylic acids is 1. The van der Waals surface area contributed by atoms with E-state index in [1.54, 1.807) is 12.1 Å². The molecule has 1 saturated carbocycles. The van der Waals surface area contributed by atoms with Gasteiger partial charge in [-0.25, -0.2) is 4.79 Å². The third-order valence-corrected chi connectivity index (χ3v) is 6.27. The highest BCUT2D eigenvalue weighted by Crippen LogP contribution is 2.59. The number of aryl methyl sites for hydroxylation is 1. The fourth-order valence-corrected chi connectivity index (χ4v) is 4.93. The van der Waals surface area contributed by atoms with E-state index in [0.29, 0.717) is 23.3 Å². The molecule has 2 fully saturated rings. The van der Waals surface area contributed by atoms with Gasteiger partial charge in [0.15, 0.2) is 0 Å². The van der Waals surface area contributed by atoms with Crippen LogP contribution in [0.25, 0.3) is 0 Å². The fourth-order valence-electron chi connectivity index (χ4n) is 4.93. The van der Waals surface area contributed by atoms with Crippen LogP contribution in [-0.4, -0.2) is 35.0 Å². The SMILES string of the molecule is Cc1cc(C(=O)O)ccc1C(=O)N1C[C@@H]2[C@@H]3C=C[C@@H](C3)[C@]2(C)C1.